The van der Waals surface area contributed by atoms with Gasteiger partial charge >= 0.3 is 6.09 Å². The lowest BCUT2D eigenvalue weighted by Gasteiger charge is -2.23. The molecule has 0 saturated carbocycles. The number of alkyl carbamates (subject to hydrolysis) is 1. The molecular formula is C15H23FN2O2. The molecule has 0 aliphatic heterocycles. The van der Waals surface area contributed by atoms with Crippen molar-refractivity contribution in [1.29, 1.82) is 0 Å². The van der Waals surface area contributed by atoms with E-state index in [9.17, 15) is 9.18 Å². The number of halogens is 1. The number of carbonyl (C=O) groups excluding carboxylic acids is 1. The molecule has 0 aromatic heterocycles. The summed E-state index contributed by atoms with van der Waals surface area (Å²) in [6.07, 6.45) is -0.0405. The van der Waals surface area contributed by atoms with Gasteiger partial charge in [0.05, 0.1) is 0 Å². The van der Waals surface area contributed by atoms with Gasteiger partial charge in [-0.1, -0.05) is 6.07 Å². The minimum atomic E-state index is -0.558. The van der Waals surface area contributed by atoms with E-state index in [0.717, 1.165) is 11.1 Å². The quantitative estimate of drug-likeness (QED) is 0.892. The van der Waals surface area contributed by atoms with E-state index in [1.807, 2.05) is 6.92 Å². The molecule has 0 heterocycles. The molecule has 1 unspecified atom stereocenters. The Hall–Kier alpha value is -1.62. The Morgan fingerprint density at radius 1 is 1.45 bits per heavy atom. The predicted molar refractivity (Wildman–Crippen MR) is 77.1 cm³/mol. The van der Waals surface area contributed by atoms with Gasteiger partial charge < -0.3 is 15.8 Å². The molecule has 3 N–H and O–H groups in total. The molecule has 0 radical (unpaired) electrons. The number of amides is 1. The highest BCUT2D eigenvalue weighted by Gasteiger charge is 2.19. The van der Waals surface area contributed by atoms with Crippen molar-refractivity contribution in [2.24, 2.45) is 5.73 Å². The van der Waals surface area contributed by atoms with Crippen molar-refractivity contribution < 1.29 is 13.9 Å². The molecule has 0 aliphatic carbocycles. The molecule has 112 valence electrons. The zero-order valence-corrected chi connectivity index (χ0v) is 12.5. The van der Waals surface area contributed by atoms with Crippen molar-refractivity contribution in [3.63, 3.8) is 0 Å². The normalized spacial score (nSPS) is 12.9. The smallest absolute Gasteiger partial charge is 0.407 e. The molecule has 5 heteroatoms. The maximum atomic E-state index is 13.2. The van der Waals surface area contributed by atoms with Crippen LogP contribution in [-0.4, -0.2) is 24.3 Å². The maximum absolute atomic E-state index is 13.2. The lowest BCUT2D eigenvalue weighted by Crippen LogP contribution is -2.44. The molecule has 1 rings (SSSR count). The molecule has 0 bridgehead atoms. The standard InChI is InChI=1S/C15H23FN2O2/c1-10-5-6-12(16)7-11(10)8-13(9-17)18-14(19)20-15(2,3)4/h5-7,13H,8-9,17H2,1-4H3,(H,18,19). The largest absolute Gasteiger partial charge is 0.444 e. The van der Waals surface area contributed by atoms with E-state index < -0.39 is 11.7 Å². The molecule has 0 saturated heterocycles. The average molecular weight is 282 g/mol. The average Bonchev–Trinajstić information content (AvgIpc) is 2.30. The number of carbonyl (C=O) groups is 1. The van der Waals surface area contributed by atoms with Gasteiger partial charge in [0.15, 0.2) is 0 Å². The van der Waals surface area contributed by atoms with Crippen molar-refractivity contribution >= 4 is 6.09 Å². The van der Waals surface area contributed by atoms with Gasteiger partial charge in [0.1, 0.15) is 11.4 Å². The monoisotopic (exact) mass is 282 g/mol. The fourth-order valence-corrected chi connectivity index (χ4v) is 1.79. The molecule has 1 aromatic rings. The number of ether oxygens (including phenoxy) is 1. The summed E-state index contributed by atoms with van der Waals surface area (Å²) in [6, 6.07) is 4.31. The molecule has 1 aromatic carbocycles. The van der Waals surface area contributed by atoms with Gasteiger partial charge in [-0.2, -0.15) is 0 Å². The zero-order valence-electron chi connectivity index (χ0n) is 12.5. The van der Waals surface area contributed by atoms with Gasteiger partial charge in [0, 0.05) is 12.6 Å². The first-order valence-corrected chi connectivity index (χ1v) is 6.66. The van der Waals surface area contributed by atoms with E-state index in [4.69, 9.17) is 10.5 Å². The first kappa shape index (κ1) is 16.4. The van der Waals surface area contributed by atoms with Gasteiger partial charge in [-0.25, -0.2) is 9.18 Å². The highest BCUT2D eigenvalue weighted by Crippen LogP contribution is 2.13. The highest BCUT2D eigenvalue weighted by molar-refractivity contribution is 5.68. The Bertz CT molecular complexity index is 469. The third kappa shape index (κ3) is 5.57. The maximum Gasteiger partial charge on any atom is 0.407 e. The summed E-state index contributed by atoms with van der Waals surface area (Å²) >= 11 is 0. The third-order valence-corrected chi connectivity index (χ3v) is 2.78. The first-order valence-electron chi connectivity index (χ1n) is 6.66. The Morgan fingerprint density at radius 3 is 2.65 bits per heavy atom. The molecule has 0 aliphatic rings. The van der Waals surface area contributed by atoms with E-state index >= 15 is 0 Å². The van der Waals surface area contributed by atoms with Gasteiger partial charge in [-0.15, -0.1) is 0 Å². The summed E-state index contributed by atoms with van der Waals surface area (Å²) in [5, 5.41) is 2.71. The van der Waals surface area contributed by atoms with E-state index in [0.29, 0.717) is 6.42 Å². The van der Waals surface area contributed by atoms with Crippen LogP contribution in [0.25, 0.3) is 0 Å². The summed E-state index contributed by atoms with van der Waals surface area (Å²) in [6.45, 7) is 7.54. The minimum Gasteiger partial charge on any atom is -0.444 e. The molecule has 0 fully saturated rings. The predicted octanol–water partition coefficient (Wildman–Crippen LogP) is 2.53. The summed E-state index contributed by atoms with van der Waals surface area (Å²) in [7, 11) is 0. The topological polar surface area (TPSA) is 64.3 Å². The highest BCUT2D eigenvalue weighted by atomic mass is 19.1. The molecule has 1 atom stereocenters. The van der Waals surface area contributed by atoms with Crippen LogP contribution in [0.5, 0.6) is 0 Å². The van der Waals surface area contributed by atoms with Crippen LogP contribution in [0.2, 0.25) is 0 Å². The van der Waals surface area contributed by atoms with Crippen molar-refractivity contribution in [2.45, 2.75) is 45.8 Å². The van der Waals surface area contributed by atoms with Crippen molar-refractivity contribution in [3.05, 3.63) is 35.1 Å². The van der Waals surface area contributed by atoms with Gasteiger partial charge in [0.2, 0.25) is 0 Å². The second-order valence-electron chi connectivity index (χ2n) is 5.85. The zero-order chi connectivity index (χ0) is 15.3. The fourth-order valence-electron chi connectivity index (χ4n) is 1.79. The second-order valence-corrected chi connectivity index (χ2v) is 5.85. The van der Waals surface area contributed by atoms with Gasteiger partial charge in [0.25, 0.3) is 0 Å². The lowest BCUT2D eigenvalue weighted by molar-refractivity contribution is 0.0506. The number of rotatable bonds is 4. The Labute approximate surface area is 119 Å². The molecular weight excluding hydrogens is 259 g/mol. The van der Waals surface area contributed by atoms with Crippen LogP contribution in [0.3, 0.4) is 0 Å². The Morgan fingerprint density at radius 2 is 2.10 bits per heavy atom. The summed E-state index contributed by atoms with van der Waals surface area (Å²) in [4.78, 5) is 11.7. The Kier molecular flexibility index (Phi) is 5.51. The van der Waals surface area contributed by atoms with Crippen LogP contribution in [0, 0.1) is 12.7 Å². The number of nitrogens with two attached hydrogens (primary N) is 1. The van der Waals surface area contributed by atoms with Crippen LogP contribution in [-0.2, 0) is 11.2 Å². The summed E-state index contributed by atoms with van der Waals surface area (Å²) in [5.74, 6) is -0.293. The molecule has 1 amide bonds. The number of hydrogen-bond donors (Lipinski definition) is 2. The van der Waals surface area contributed by atoms with Gasteiger partial charge in [-0.3, -0.25) is 0 Å². The van der Waals surface area contributed by atoms with Gasteiger partial charge in [-0.05, 0) is 57.4 Å². The molecule has 0 spiro atoms. The number of benzene rings is 1. The SMILES string of the molecule is Cc1ccc(F)cc1CC(CN)NC(=O)OC(C)(C)C. The number of nitrogens with one attached hydrogen (secondary N) is 1. The van der Waals surface area contributed by atoms with Crippen molar-refractivity contribution in [2.75, 3.05) is 6.54 Å². The minimum absolute atomic E-state index is 0.259. The molecule has 20 heavy (non-hydrogen) atoms. The molecule has 4 nitrogen and oxygen atoms in total. The first-order chi connectivity index (χ1) is 9.21. The van der Waals surface area contributed by atoms with E-state index in [1.54, 1.807) is 26.8 Å². The second kappa shape index (κ2) is 6.70. The van der Waals surface area contributed by atoms with Crippen LogP contribution in [0.15, 0.2) is 18.2 Å². The van der Waals surface area contributed by atoms with Crippen LogP contribution in [0.1, 0.15) is 31.9 Å². The van der Waals surface area contributed by atoms with E-state index in [2.05, 4.69) is 5.32 Å². The number of aryl methyl sites for hydroxylation is 1. The van der Waals surface area contributed by atoms with Crippen molar-refractivity contribution in [3.8, 4) is 0 Å². The van der Waals surface area contributed by atoms with Crippen LogP contribution < -0.4 is 11.1 Å². The summed E-state index contributed by atoms with van der Waals surface area (Å²) in [5.41, 5.74) is 6.90. The van der Waals surface area contributed by atoms with Crippen LogP contribution in [0.4, 0.5) is 9.18 Å². The van der Waals surface area contributed by atoms with Crippen molar-refractivity contribution in [1.82, 2.24) is 5.32 Å². The summed E-state index contributed by atoms with van der Waals surface area (Å²) < 4.78 is 18.4. The lowest BCUT2D eigenvalue weighted by atomic mass is 10.0. The third-order valence-electron chi connectivity index (χ3n) is 2.78. The fraction of sp³-hybridized carbons (Fsp3) is 0.533. The van der Waals surface area contributed by atoms with E-state index in [-0.39, 0.29) is 18.4 Å². The van der Waals surface area contributed by atoms with E-state index in [1.165, 1.54) is 12.1 Å². The number of hydrogen-bond acceptors (Lipinski definition) is 3. The van der Waals surface area contributed by atoms with Crippen LogP contribution >= 0.6 is 0 Å². The Balaban J connectivity index is 2.68.